The predicted octanol–water partition coefficient (Wildman–Crippen LogP) is 2.80. The van der Waals surface area contributed by atoms with Crippen molar-refractivity contribution in [2.24, 2.45) is 0 Å². The molecule has 0 spiro atoms. The first-order valence-corrected chi connectivity index (χ1v) is 8.79. The number of hydrogen-bond acceptors (Lipinski definition) is 9. The zero-order chi connectivity index (χ0) is 21.0. The highest BCUT2D eigenvalue weighted by Gasteiger charge is 2.26. The van der Waals surface area contributed by atoms with Gasteiger partial charge in [0.05, 0.1) is 35.1 Å². The third kappa shape index (κ3) is 4.65. The number of rotatable bonds is 7. The number of ether oxygens (including phenoxy) is 1. The maximum Gasteiger partial charge on any atom is 0.357 e. The molecule has 0 aliphatic rings. The van der Waals surface area contributed by atoms with Crippen LogP contribution in [0.15, 0.2) is 23.6 Å². The summed E-state index contributed by atoms with van der Waals surface area (Å²) in [5, 5.41) is 24.0. The van der Waals surface area contributed by atoms with E-state index in [0.717, 1.165) is 29.5 Å². The molecule has 0 unspecified atom stereocenters. The number of non-ortho nitro benzene ring substituents is 2. The predicted molar refractivity (Wildman–Crippen MR) is 98.2 cm³/mol. The minimum absolute atomic E-state index is 0.0225. The molecule has 0 radical (unpaired) electrons. The normalized spacial score (nSPS) is 10.6. The smallest absolute Gasteiger partial charge is 0.357 e. The lowest BCUT2D eigenvalue weighted by atomic mass is 10.1. The van der Waals surface area contributed by atoms with Crippen LogP contribution in [0.25, 0.3) is 0 Å². The van der Waals surface area contributed by atoms with Crippen molar-refractivity contribution in [1.82, 2.24) is 9.88 Å². The highest BCUT2D eigenvalue weighted by molar-refractivity contribution is 7.09. The number of methoxy groups -OCH3 is 1. The second-order valence-corrected chi connectivity index (χ2v) is 6.84. The van der Waals surface area contributed by atoms with E-state index in [9.17, 15) is 29.8 Å². The number of thiazole rings is 1. The largest absolute Gasteiger partial charge is 0.464 e. The van der Waals surface area contributed by atoms with Gasteiger partial charge in [0.15, 0.2) is 5.69 Å². The lowest BCUT2D eigenvalue weighted by molar-refractivity contribution is -0.394. The lowest BCUT2D eigenvalue weighted by Gasteiger charge is -2.25. The lowest BCUT2D eigenvalue weighted by Crippen LogP contribution is -2.36. The van der Waals surface area contributed by atoms with Crippen molar-refractivity contribution < 1.29 is 24.2 Å². The van der Waals surface area contributed by atoms with Crippen molar-refractivity contribution in [3.05, 3.63) is 60.1 Å². The molecule has 2 rings (SSSR count). The molecule has 1 amide bonds. The van der Waals surface area contributed by atoms with Crippen LogP contribution >= 0.6 is 11.3 Å². The van der Waals surface area contributed by atoms with E-state index in [-0.39, 0.29) is 23.8 Å². The van der Waals surface area contributed by atoms with E-state index in [4.69, 9.17) is 0 Å². The minimum atomic E-state index is -0.799. The Kier molecular flexibility index (Phi) is 6.36. The quantitative estimate of drug-likeness (QED) is 0.386. The summed E-state index contributed by atoms with van der Waals surface area (Å²) in [6.07, 6.45) is 0. The SMILES string of the molecule is COC(=O)c1csc(CN(C(=O)c2cc([N+](=O)[O-])cc([N+](=O)[O-])c2)C(C)C)n1. The number of nitrogens with zero attached hydrogens (tertiary/aromatic N) is 4. The van der Waals surface area contributed by atoms with Crippen molar-refractivity contribution in [3.8, 4) is 0 Å². The molecule has 0 N–H and O–H groups in total. The van der Waals surface area contributed by atoms with Crippen molar-refractivity contribution >= 4 is 34.6 Å². The summed E-state index contributed by atoms with van der Waals surface area (Å²) in [4.78, 5) is 50.4. The van der Waals surface area contributed by atoms with Gasteiger partial charge in [0.25, 0.3) is 17.3 Å². The van der Waals surface area contributed by atoms with E-state index in [1.807, 2.05) is 0 Å². The molecular weight excluding hydrogens is 392 g/mol. The Balaban J connectivity index is 2.37. The van der Waals surface area contributed by atoms with Crippen LogP contribution in [-0.4, -0.2) is 44.8 Å². The Morgan fingerprint density at radius 2 is 1.75 bits per heavy atom. The van der Waals surface area contributed by atoms with E-state index in [0.29, 0.717) is 5.01 Å². The molecule has 0 aliphatic heterocycles. The van der Waals surface area contributed by atoms with Crippen LogP contribution in [0.3, 0.4) is 0 Å². The standard InChI is InChI=1S/C16H16N4O7S/c1-9(2)18(7-14-17-13(8-28-14)16(22)27-3)15(21)10-4-11(19(23)24)6-12(5-10)20(25)26/h4-6,8-9H,7H2,1-3H3. The third-order valence-electron chi connectivity index (χ3n) is 3.71. The molecule has 1 aromatic heterocycles. The number of esters is 1. The molecule has 0 aliphatic carbocycles. The van der Waals surface area contributed by atoms with Gasteiger partial charge in [-0.2, -0.15) is 0 Å². The molecule has 2 aromatic rings. The number of carbonyl (C=O) groups is 2. The molecule has 0 saturated carbocycles. The summed E-state index contributed by atoms with van der Waals surface area (Å²) in [6, 6.07) is 2.44. The van der Waals surface area contributed by atoms with E-state index in [2.05, 4.69) is 9.72 Å². The monoisotopic (exact) mass is 408 g/mol. The highest BCUT2D eigenvalue weighted by Crippen LogP contribution is 2.25. The van der Waals surface area contributed by atoms with E-state index in [1.165, 1.54) is 17.4 Å². The van der Waals surface area contributed by atoms with Gasteiger partial charge in [-0.05, 0) is 13.8 Å². The van der Waals surface area contributed by atoms with Crippen LogP contribution in [-0.2, 0) is 11.3 Å². The molecule has 0 saturated heterocycles. The second kappa shape index (κ2) is 8.52. The van der Waals surface area contributed by atoms with Crippen molar-refractivity contribution in [3.63, 3.8) is 0 Å². The number of hydrogen-bond donors (Lipinski definition) is 0. The van der Waals surface area contributed by atoms with Gasteiger partial charge in [-0.15, -0.1) is 11.3 Å². The minimum Gasteiger partial charge on any atom is -0.464 e. The number of amides is 1. The molecular formula is C16H16N4O7S. The van der Waals surface area contributed by atoms with Gasteiger partial charge >= 0.3 is 5.97 Å². The summed E-state index contributed by atoms with van der Waals surface area (Å²) >= 11 is 1.15. The molecule has 148 valence electrons. The van der Waals surface area contributed by atoms with Crippen LogP contribution in [0.5, 0.6) is 0 Å². The Bertz CT molecular complexity index is 909. The first-order valence-electron chi connectivity index (χ1n) is 7.91. The zero-order valence-electron chi connectivity index (χ0n) is 15.1. The number of carbonyl (C=O) groups excluding carboxylic acids is 2. The van der Waals surface area contributed by atoms with Gasteiger partial charge in [-0.3, -0.25) is 25.0 Å². The van der Waals surface area contributed by atoms with Gasteiger partial charge in [-0.25, -0.2) is 9.78 Å². The molecule has 0 bridgehead atoms. The topological polar surface area (TPSA) is 146 Å². The van der Waals surface area contributed by atoms with E-state index >= 15 is 0 Å². The van der Waals surface area contributed by atoms with Crippen molar-refractivity contribution in [1.29, 1.82) is 0 Å². The van der Waals surface area contributed by atoms with E-state index < -0.39 is 33.1 Å². The Hall–Kier alpha value is -3.41. The van der Waals surface area contributed by atoms with Crippen molar-refractivity contribution in [2.75, 3.05) is 7.11 Å². The number of aromatic nitrogens is 1. The third-order valence-corrected chi connectivity index (χ3v) is 4.54. The summed E-state index contributed by atoms with van der Waals surface area (Å²) in [5.41, 5.74) is -1.18. The molecule has 0 fully saturated rings. The van der Waals surface area contributed by atoms with Gasteiger partial charge in [0.2, 0.25) is 0 Å². The Morgan fingerprint density at radius 1 is 1.18 bits per heavy atom. The first kappa shape index (κ1) is 20.9. The summed E-state index contributed by atoms with van der Waals surface area (Å²) in [7, 11) is 1.22. The van der Waals surface area contributed by atoms with Crippen LogP contribution in [0.2, 0.25) is 0 Å². The number of nitro benzene ring substituents is 2. The fraction of sp³-hybridized carbons (Fsp3) is 0.312. The maximum atomic E-state index is 12.9. The number of nitro groups is 2. The average Bonchev–Trinajstić information content (AvgIpc) is 3.12. The summed E-state index contributed by atoms with van der Waals surface area (Å²) in [6.45, 7) is 3.46. The average molecular weight is 408 g/mol. The molecule has 1 aromatic carbocycles. The van der Waals surface area contributed by atoms with Gasteiger partial charge in [0.1, 0.15) is 5.01 Å². The summed E-state index contributed by atoms with van der Waals surface area (Å²) < 4.78 is 4.59. The highest BCUT2D eigenvalue weighted by atomic mass is 32.1. The fourth-order valence-electron chi connectivity index (χ4n) is 2.31. The fourth-order valence-corrected chi connectivity index (χ4v) is 3.07. The molecule has 1 heterocycles. The van der Waals surface area contributed by atoms with Crippen LogP contribution in [0.4, 0.5) is 11.4 Å². The second-order valence-electron chi connectivity index (χ2n) is 5.90. The first-order chi connectivity index (χ1) is 13.1. The maximum absolute atomic E-state index is 12.9. The molecule has 0 atom stereocenters. The van der Waals surface area contributed by atoms with Crippen LogP contribution in [0, 0.1) is 20.2 Å². The van der Waals surface area contributed by atoms with Crippen LogP contribution < -0.4 is 0 Å². The molecule has 11 nitrogen and oxygen atoms in total. The number of benzene rings is 1. The van der Waals surface area contributed by atoms with Gasteiger partial charge in [-0.1, -0.05) is 0 Å². The summed E-state index contributed by atoms with van der Waals surface area (Å²) in [5.74, 6) is -1.24. The Morgan fingerprint density at radius 3 is 2.21 bits per heavy atom. The van der Waals surface area contributed by atoms with Gasteiger partial charge in [0, 0.05) is 23.6 Å². The van der Waals surface area contributed by atoms with Crippen LogP contribution in [0.1, 0.15) is 39.7 Å². The van der Waals surface area contributed by atoms with Crippen molar-refractivity contribution in [2.45, 2.75) is 26.4 Å². The molecule has 12 heteroatoms. The zero-order valence-corrected chi connectivity index (χ0v) is 16.0. The van der Waals surface area contributed by atoms with E-state index in [1.54, 1.807) is 13.8 Å². The Labute approximate surface area is 162 Å². The van der Waals surface area contributed by atoms with Gasteiger partial charge < -0.3 is 9.64 Å². The molecule has 28 heavy (non-hydrogen) atoms.